The van der Waals surface area contributed by atoms with Crippen molar-refractivity contribution in [2.45, 2.75) is 12.5 Å². The van der Waals surface area contributed by atoms with E-state index in [-0.39, 0.29) is 11.7 Å². The molecule has 0 amide bonds. The molecule has 1 aliphatic heterocycles. The van der Waals surface area contributed by atoms with E-state index in [9.17, 15) is 10.1 Å². The van der Waals surface area contributed by atoms with Gasteiger partial charge >= 0.3 is 0 Å². The standard InChI is InChI=1S/C15H11Cl2N3O2/c16-11-2-1-3-12(17)15(11)14-8-13(18-19-14)9-4-6-10(7-5-9)20(21)22/h1-7,14,19H,8H2. The molecule has 2 aromatic carbocycles. The Labute approximate surface area is 136 Å². The molecule has 0 aliphatic carbocycles. The maximum Gasteiger partial charge on any atom is 0.269 e. The fourth-order valence-corrected chi connectivity index (χ4v) is 3.07. The Morgan fingerprint density at radius 3 is 2.36 bits per heavy atom. The van der Waals surface area contributed by atoms with E-state index in [0.717, 1.165) is 16.8 Å². The predicted octanol–water partition coefficient (Wildman–Crippen LogP) is 4.34. The van der Waals surface area contributed by atoms with Crippen molar-refractivity contribution < 1.29 is 4.92 Å². The third-order valence-corrected chi connectivity index (χ3v) is 4.17. The Balaban J connectivity index is 1.81. The lowest BCUT2D eigenvalue weighted by Crippen LogP contribution is -2.11. The number of nitrogens with one attached hydrogen (secondary N) is 1. The van der Waals surface area contributed by atoms with Crippen LogP contribution in [0.1, 0.15) is 23.6 Å². The molecular formula is C15H11Cl2N3O2. The normalized spacial score (nSPS) is 17.0. The summed E-state index contributed by atoms with van der Waals surface area (Å²) >= 11 is 12.4. The van der Waals surface area contributed by atoms with Gasteiger partial charge in [-0.25, -0.2) is 0 Å². The lowest BCUT2D eigenvalue weighted by molar-refractivity contribution is -0.384. The minimum Gasteiger partial charge on any atom is -0.302 e. The lowest BCUT2D eigenvalue weighted by atomic mass is 9.99. The van der Waals surface area contributed by atoms with Crippen LogP contribution in [-0.2, 0) is 0 Å². The van der Waals surface area contributed by atoms with Gasteiger partial charge in [-0.15, -0.1) is 0 Å². The molecule has 0 bridgehead atoms. The fourth-order valence-electron chi connectivity index (χ4n) is 2.41. The summed E-state index contributed by atoms with van der Waals surface area (Å²) in [6.45, 7) is 0. The number of benzene rings is 2. The molecule has 3 rings (SSSR count). The van der Waals surface area contributed by atoms with Crippen LogP contribution in [0.4, 0.5) is 5.69 Å². The van der Waals surface area contributed by atoms with Crippen molar-refractivity contribution in [2.24, 2.45) is 5.10 Å². The number of hydrogen-bond acceptors (Lipinski definition) is 4. The highest BCUT2D eigenvalue weighted by molar-refractivity contribution is 6.36. The molecule has 0 aromatic heterocycles. The summed E-state index contributed by atoms with van der Waals surface area (Å²) in [7, 11) is 0. The summed E-state index contributed by atoms with van der Waals surface area (Å²) in [6.07, 6.45) is 0.612. The highest BCUT2D eigenvalue weighted by Gasteiger charge is 2.25. The van der Waals surface area contributed by atoms with Crippen LogP contribution < -0.4 is 5.43 Å². The molecule has 0 fully saturated rings. The van der Waals surface area contributed by atoms with E-state index in [1.165, 1.54) is 12.1 Å². The van der Waals surface area contributed by atoms with Crippen LogP contribution in [0.3, 0.4) is 0 Å². The quantitative estimate of drug-likeness (QED) is 0.670. The van der Waals surface area contributed by atoms with Gasteiger partial charge in [-0.1, -0.05) is 29.3 Å². The molecule has 0 radical (unpaired) electrons. The third-order valence-electron chi connectivity index (χ3n) is 3.51. The smallest absolute Gasteiger partial charge is 0.269 e. The van der Waals surface area contributed by atoms with Crippen LogP contribution >= 0.6 is 23.2 Å². The Morgan fingerprint density at radius 2 is 1.77 bits per heavy atom. The van der Waals surface area contributed by atoms with Crippen LogP contribution in [0.5, 0.6) is 0 Å². The molecule has 1 aliphatic rings. The van der Waals surface area contributed by atoms with Gasteiger partial charge in [0.2, 0.25) is 0 Å². The minimum atomic E-state index is -0.426. The van der Waals surface area contributed by atoms with Gasteiger partial charge in [-0.05, 0) is 29.8 Å². The number of nitro benzene ring substituents is 1. The van der Waals surface area contributed by atoms with Crippen LogP contribution in [0.15, 0.2) is 47.6 Å². The Hall–Kier alpha value is -2.11. The Kier molecular flexibility index (Phi) is 4.00. The molecular weight excluding hydrogens is 325 g/mol. The maximum absolute atomic E-state index is 10.7. The summed E-state index contributed by atoms with van der Waals surface area (Å²) < 4.78 is 0. The van der Waals surface area contributed by atoms with E-state index in [1.54, 1.807) is 30.3 Å². The Morgan fingerprint density at radius 1 is 1.14 bits per heavy atom. The van der Waals surface area contributed by atoms with Crippen LogP contribution in [-0.4, -0.2) is 10.6 Å². The monoisotopic (exact) mass is 335 g/mol. The van der Waals surface area contributed by atoms with Gasteiger partial charge in [0.05, 0.1) is 16.7 Å². The maximum atomic E-state index is 10.7. The number of non-ortho nitro benzene ring substituents is 1. The zero-order valence-electron chi connectivity index (χ0n) is 11.3. The molecule has 22 heavy (non-hydrogen) atoms. The van der Waals surface area contributed by atoms with Crippen molar-refractivity contribution in [1.29, 1.82) is 0 Å². The zero-order chi connectivity index (χ0) is 15.7. The van der Waals surface area contributed by atoms with Crippen LogP contribution in [0, 0.1) is 10.1 Å². The second-order valence-electron chi connectivity index (χ2n) is 4.88. The van der Waals surface area contributed by atoms with Crippen LogP contribution in [0.2, 0.25) is 10.0 Å². The predicted molar refractivity (Wildman–Crippen MR) is 86.6 cm³/mol. The number of hydrazone groups is 1. The topological polar surface area (TPSA) is 67.5 Å². The average molecular weight is 336 g/mol. The summed E-state index contributed by atoms with van der Waals surface area (Å²) in [5.41, 5.74) is 5.55. The van der Waals surface area contributed by atoms with Crippen molar-refractivity contribution in [3.8, 4) is 0 Å². The molecule has 1 heterocycles. The van der Waals surface area contributed by atoms with Crippen molar-refractivity contribution in [3.63, 3.8) is 0 Å². The molecule has 1 N–H and O–H groups in total. The van der Waals surface area contributed by atoms with E-state index in [1.807, 2.05) is 0 Å². The van der Waals surface area contributed by atoms with Crippen molar-refractivity contribution >= 4 is 34.6 Å². The van der Waals surface area contributed by atoms with Gasteiger partial charge in [0.25, 0.3) is 5.69 Å². The first-order valence-corrected chi connectivity index (χ1v) is 7.32. The molecule has 2 aromatic rings. The van der Waals surface area contributed by atoms with Gasteiger partial charge in [0, 0.05) is 34.2 Å². The first kappa shape index (κ1) is 14.8. The van der Waals surface area contributed by atoms with Gasteiger partial charge in [0.15, 0.2) is 0 Å². The molecule has 1 atom stereocenters. The summed E-state index contributed by atoms with van der Waals surface area (Å²) in [5.74, 6) is 0. The van der Waals surface area contributed by atoms with Gasteiger partial charge < -0.3 is 5.43 Å². The first-order valence-electron chi connectivity index (χ1n) is 6.57. The molecule has 1 unspecified atom stereocenters. The lowest BCUT2D eigenvalue weighted by Gasteiger charge is -2.13. The molecule has 0 saturated carbocycles. The van der Waals surface area contributed by atoms with Gasteiger partial charge in [-0.3, -0.25) is 10.1 Å². The number of nitro groups is 1. The number of rotatable bonds is 3. The number of nitrogens with zero attached hydrogens (tertiary/aromatic N) is 2. The second-order valence-corrected chi connectivity index (χ2v) is 5.70. The number of halogens is 2. The highest BCUT2D eigenvalue weighted by Crippen LogP contribution is 2.34. The van der Waals surface area contributed by atoms with Crippen LogP contribution in [0.25, 0.3) is 0 Å². The third kappa shape index (κ3) is 2.77. The first-order chi connectivity index (χ1) is 10.6. The number of hydrogen-bond donors (Lipinski definition) is 1. The van der Waals surface area contributed by atoms with Crippen molar-refractivity contribution in [1.82, 2.24) is 5.43 Å². The molecule has 0 spiro atoms. The molecule has 112 valence electrons. The van der Waals surface area contributed by atoms with E-state index in [0.29, 0.717) is 16.5 Å². The largest absolute Gasteiger partial charge is 0.302 e. The molecule has 0 saturated heterocycles. The van der Waals surface area contributed by atoms with Crippen molar-refractivity contribution in [3.05, 3.63) is 73.8 Å². The van der Waals surface area contributed by atoms with E-state index in [4.69, 9.17) is 23.2 Å². The minimum absolute atomic E-state index is 0.0565. The van der Waals surface area contributed by atoms with Crippen molar-refractivity contribution in [2.75, 3.05) is 0 Å². The summed E-state index contributed by atoms with van der Waals surface area (Å²) in [4.78, 5) is 10.3. The van der Waals surface area contributed by atoms with Gasteiger partial charge in [0.1, 0.15) is 0 Å². The van der Waals surface area contributed by atoms with E-state index in [2.05, 4.69) is 10.5 Å². The van der Waals surface area contributed by atoms with E-state index < -0.39 is 4.92 Å². The summed E-state index contributed by atoms with van der Waals surface area (Å²) in [6, 6.07) is 11.6. The fraction of sp³-hybridized carbons (Fsp3) is 0.133. The molecule has 7 heteroatoms. The molecule has 5 nitrogen and oxygen atoms in total. The second kappa shape index (κ2) is 5.94. The van der Waals surface area contributed by atoms with E-state index >= 15 is 0 Å². The highest BCUT2D eigenvalue weighted by atomic mass is 35.5. The summed E-state index contributed by atoms with van der Waals surface area (Å²) in [5, 5.41) is 16.2. The van der Waals surface area contributed by atoms with Gasteiger partial charge in [-0.2, -0.15) is 5.10 Å². The SMILES string of the molecule is O=[N+]([O-])c1ccc(C2=NNC(c3c(Cl)cccc3Cl)C2)cc1. The zero-order valence-corrected chi connectivity index (χ0v) is 12.8. The Bertz CT molecular complexity index is 740. The average Bonchev–Trinajstić information content (AvgIpc) is 2.97.